The van der Waals surface area contributed by atoms with Crippen molar-refractivity contribution in [3.63, 3.8) is 0 Å². The van der Waals surface area contributed by atoms with Crippen LogP contribution in [0.1, 0.15) is 41.7 Å². The van der Waals surface area contributed by atoms with Crippen molar-refractivity contribution < 1.29 is 10.2 Å². The van der Waals surface area contributed by atoms with Crippen LogP contribution in [0.4, 0.5) is 0 Å². The van der Waals surface area contributed by atoms with Gasteiger partial charge in [-0.25, -0.2) is 0 Å². The van der Waals surface area contributed by atoms with Crippen LogP contribution in [0.2, 0.25) is 0 Å². The summed E-state index contributed by atoms with van der Waals surface area (Å²) < 4.78 is 0. The maximum absolute atomic E-state index is 9.62. The molecule has 0 saturated carbocycles. The lowest BCUT2D eigenvalue weighted by molar-refractivity contribution is 0.274. The third-order valence-electron chi connectivity index (χ3n) is 3.83. The van der Waals surface area contributed by atoms with E-state index in [9.17, 15) is 5.11 Å². The SMILES string of the molecule is Cc1cc2c(c(CO)c1CCO)CC(C)(C)C2. The first kappa shape index (κ1) is 12.6. The maximum Gasteiger partial charge on any atom is 0.0687 e. The van der Waals surface area contributed by atoms with E-state index in [0.717, 1.165) is 24.0 Å². The predicted octanol–water partition coefficient (Wildman–Crippen LogP) is 2.15. The highest BCUT2D eigenvalue weighted by Crippen LogP contribution is 2.40. The third kappa shape index (κ3) is 2.24. The second-order valence-corrected chi connectivity index (χ2v) is 5.94. The van der Waals surface area contributed by atoms with Crippen LogP contribution in [0.3, 0.4) is 0 Å². The van der Waals surface area contributed by atoms with Gasteiger partial charge in [0.15, 0.2) is 0 Å². The van der Waals surface area contributed by atoms with Crippen LogP contribution in [0.25, 0.3) is 0 Å². The van der Waals surface area contributed by atoms with E-state index < -0.39 is 0 Å². The zero-order chi connectivity index (χ0) is 12.6. The fraction of sp³-hybridized carbons (Fsp3) is 0.600. The Hall–Kier alpha value is -0.860. The van der Waals surface area contributed by atoms with Gasteiger partial charge in [-0.05, 0) is 59.4 Å². The Kier molecular flexibility index (Phi) is 3.28. The Morgan fingerprint density at radius 1 is 1.18 bits per heavy atom. The van der Waals surface area contributed by atoms with E-state index in [2.05, 4.69) is 26.8 Å². The smallest absolute Gasteiger partial charge is 0.0687 e. The molecule has 0 radical (unpaired) electrons. The Morgan fingerprint density at radius 2 is 1.88 bits per heavy atom. The van der Waals surface area contributed by atoms with Crippen LogP contribution in [0.15, 0.2) is 6.07 Å². The van der Waals surface area contributed by atoms with Crippen molar-refractivity contribution in [2.75, 3.05) is 6.61 Å². The summed E-state index contributed by atoms with van der Waals surface area (Å²) in [6, 6.07) is 2.24. The molecular weight excluding hydrogens is 212 g/mol. The zero-order valence-electron chi connectivity index (χ0n) is 11.0. The van der Waals surface area contributed by atoms with Gasteiger partial charge in [-0.15, -0.1) is 0 Å². The molecule has 0 amide bonds. The van der Waals surface area contributed by atoms with Crippen molar-refractivity contribution in [1.29, 1.82) is 0 Å². The molecule has 17 heavy (non-hydrogen) atoms. The minimum Gasteiger partial charge on any atom is -0.396 e. The van der Waals surface area contributed by atoms with Gasteiger partial charge in [0, 0.05) is 6.61 Å². The van der Waals surface area contributed by atoms with Crippen LogP contribution < -0.4 is 0 Å². The minimum absolute atomic E-state index is 0.0927. The van der Waals surface area contributed by atoms with Crippen molar-refractivity contribution in [3.8, 4) is 0 Å². The standard InChI is InChI=1S/C15H22O2/c1-10-6-11-7-15(2,3)8-13(11)14(9-17)12(10)4-5-16/h6,16-17H,4-5,7-9H2,1-3H3. The molecule has 0 saturated heterocycles. The van der Waals surface area contributed by atoms with Crippen molar-refractivity contribution in [3.05, 3.63) is 33.9 Å². The molecule has 0 heterocycles. The molecule has 2 N–H and O–H groups in total. The molecule has 0 aliphatic heterocycles. The summed E-state index contributed by atoms with van der Waals surface area (Å²) in [5.41, 5.74) is 6.44. The number of aliphatic hydroxyl groups is 2. The number of benzene rings is 1. The highest BCUT2D eigenvalue weighted by molar-refractivity contribution is 5.49. The van der Waals surface area contributed by atoms with Crippen LogP contribution in [0, 0.1) is 12.3 Å². The molecular formula is C15H22O2. The fourth-order valence-electron chi connectivity index (χ4n) is 3.13. The lowest BCUT2D eigenvalue weighted by Crippen LogP contribution is -2.10. The van der Waals surface area contributed by atoms with Crippen molar-refractivity contribution in [2.24, 2.45) is 5.41 Å². The van der Waals surface area contributed by atoms with Gasteiger partial charge in [-0.3, -0.25) is 0 Å². The third-order valence-corrected chi connectivity index (χ3v) is 3.83. The molecule has 0 unspecified atom stereocenters. The monoisotopic (exact) mass is 234 g/mol. The summed E-state index contributed by atoms with van der Waals surface area (Å²) in [4.78, 5) is 0. The van der Waals surface area contributed by atoms with E-state index in [4.69, 9.17) is 5.11 Å². The number of fused-ring (bicyclic) bond motifs is 1. The van der Waals surface area contributed by atoms with Gasteiger partial charge >= 0.3 is 0 Å². The van der Waals surface area contributed by atoms with Gasteiger partial charge in [0.2, 0.25) is 0 Å². The highest BCUT2D eigenvalue weighted by atomic mass is 16.3. The normalized spacial score (nSPS) is 17.2. The molecule has 1 aliphatic carbocycles. The van der Waals surface area contributed by atoms with Crippen LogP contribution in [-0.2, 0) is 25.9 Å². The summed E-state index contributed by atoms with van der Waals surface area (Å²) in [7, 11) is 0. The van der Waals surface area contributed by atoms with Gasteiger partial charge in [0.25, 0.3) is 0 Å². The number of hydrogen-bond acceptors (Lipinski definition) is 2. The lowest BCUT2D eigenvalue weighted by Gasteiger charge is -2.16. The topological polar surface area (TPSA) is 40.5 Å². The average Bonchev–Trinajstić information content (AvgIpc) is 2.53. The van der Waals surface area contributed by atoms with Crippen LogP contribution in [0.5, 0.6) is 0 Å². The molecule has 94 valence electrons. The molecule has 2 rings (SSSR count). The van der Waals surface area contributed by atoms with Crippen molar-refractivity contribution in [1.82, 2.24) is 0 Å². The van der Waals surface area contributed by atoms with E-state index >= 15 is 0 Å². The molecule has 0 atom stereocenters. The van der Waals surface area contributed by atoms with E-state index in [0.29, 0.717) is 11.8 Å². The predicted molar refractivity (Wildman–Crippen MR) is 69.1 cm³/mol. The summed E-state index contributed by atoms with van der Waals surface area (Å²) >= 11 is 0. The quantitative estimate of drug-likeness (QED) is 0.841. The molecule has 1 aromatic carbocycles. The molecule has 0 aromatic heterocycles. The molecule has 0 spiro atoms. The van der Waals surface area contributed by atoms with E-state index in [-0.39, 0.29) is 13.2 Å². The highest BCUT2D eigenvalue weighted by Gasteiger charge is 2.31. The number of rotatable bonds is 3. The van der Waals surface area contributed by atoms with Gasteiger partial charge in [0.05, 0.1) is 6.61 Å². The number of hydrogen-bond donors (Lipinski definition) is 2. The second kappa shape index (κ2) is 4.43. The Balaban J connectivity index is 2.54. The molecule has 0 fully saturated rings. The Labute approximate surface area is 103 Å². The summed E-state index contributed by atoms with van der Waals surface area (Å²) in [6.45, 7) is 6.87. The van der Waals surface area contributed by atoms with Crippen LogP contribution in [-0.4, -0.2) is 16.8 Å². The fourth-order valence-corrected chi connectivity index (χ4v) is 3.13. The van der Waals surface area contributed by atoms with Gasteiger partial charge < -0.3 is 10.2 Å². The molecule has 0 bridgehead atoms. The van der Waals surface area contributed by atoms with Crippen LogP contribution >= 0.6 is 0 Å². The van der Waals surface area contributed by atoms with Gasteiger partial charge in [0.1, 0.15) is 0 Å². The van der Waals surface area contributed by atoms with Gasteiger partial charge in [-0.2, -0.15) is 0 Å². The zero-order valence-corrected chi connectivity index (χ0v) is 11.0. The summed E-state index contributed by atoms with van der Waals surface area (Å²) in [6.07, 6.45) is 2.78. The number of aryl methyl sites for hydroxylation is 1. The molecule has 1 aliphatic rings. The molecule has 2 heteroatoms. The first-order chi connectivity index (χ1) is 7.98. The number of aliphatic hydroxyl groups excluding tert-OH is 2. The first-order valence-corrected chi connectivity index (χ1v) is 6.33. The summed E-state index contributed by atoms with van der Waals surface area (Å²) in [5, 5.41) is 18.8. The molecule has 1 aromatic rings. The van der Waals surface area contributed by atoms with Crippen molar-refractivity contribution >= 4 is 0 Å². The first-order valence-electron chi connectivity index (χ1n) is 6.33. The summed E-state index contributed by atoms with van der Waals surface area (Å²) in [5.74, 6) is 0. The Bertz CT molecular complexity index is 433. The van der Waals surface area contributed by atoms with E-state index in [1.54, 1.807) is 0 Å². The van der Waals surface area contributed by atoms with E-state index in [1.807, 2.05) is 0 Å². The lowest BCUT2D eigenvalue weighted by atomic mass is 9.89. The average molecular weight is 234 g/mol. The van der Waals surface area contributed by atoms with Crippen molar-refractivity contribution in [2.45, 2.75) is 46.6 Å². The minimum atomic E-state index is 0.0927. The maximum atomic E-state index is 9.62. The largest absolute Gasteiger partial charge is 0.396 e. The van der Waals surface area contributed by atoms with E-state index in [1.165, 1.54) is 16.7 Å². The molecule has 2 nitrogen and oxygen atoms in total. The second-order valence-electron chi connectivity index (χ2n) is 5.94. The Morgan fingerprint density at radius 3 is 2.47 bits per heavy atom. The van der Waals surface area contributed by atoms with Gasteiger partial charge in [-0.1, -0.05) is 19.9 Å².